The first-order valence-corrected chi connectivity index (χ1v) is 7.96. The summed E-state index contributed by atoms with van der Waals surface area (Å²) in [6.45, 7) is 0. The van der Waals surface area contributed by atoms with Crippen LogP contribution < -0.4 is 0 Å². The van der Waals surface area contributed by atoms with Crippen LogP contribution in [0.5, 0.6) is 0 Å². The average Bonchev–Trinajstić information content (AvgIpc) is 2.96. The van der Waals surface area contributed by atoms with Gasteiger partial charge in [0.05, 0.1) is 0 Å². The molecule has 2 aromatic carbocycles. The van der Waals surface area contributed by atoms with E-state index in [0.717, 1.165) is 15.8 Å². The minimum absolute atomic E-state index is 0.290. The van der Waals surface area contributed by atoms with Gasteiger partial charge in [0.25, 0.3) is 5.22 Å². The molecule has 0 bridgehead atoms. The van der Waals surface area contributed by atoms with Gasteiger partial charge in [-0.3, -0.25) is 0 Å². The lowest BCUT2D eigenvalue weighted by Gasteiger charge is -2.00. The quantitative estimate of drug-likeness (QED) is 0.615. The van der Waals surface area contributed by atoms with Crippen LogP contribution in [0, 0.1) is 5.82 Å². The van der Waals surface area contributed by atoms with Gasteiger partial charge in [0, 0.05) is 15.8 Å². The van der Waals surface area contributed by atoms with Gasteiger partial charge < -0.3 is 4.42 Å². The molecule has 0 amide bonds. The third-order valence-corrected chi connectivity index (χ3v) is 4.45. The first kappa shape index (κ1) is 14.3. The first-order valence-electron chi connectivity index (χ1n) is 6.18. The van der Waals surface area contributed by atoms with Crippen molar-refractivity contribution in [1.29, 1.82) is 0 Å². The number of hydrogen-bond acceptors (Lipinski definition) is 4. The van der Waals surface area contributed by atoms with E-state index >= 15 is 0 Å². The van der Waals surface area contributed by atoms with Crippen molar-refractivity contribution in [2.75, 3.05) is 0 Å². The Morgan fingerprint density at radius 1 is 1.05 bits per heavy atom. The molecule has 1 heterocycles. The van der Waals surface area contributed by atoms with Crippen molar-refractivity contribution in [3.8, 4) is 11.5 Å². The number of aromatic nitrogens is 2. The molecule has 0 unspecified atom stereocenters. The lowest BCUT2D eigenvalue weighted by molar-refractivity contribution is 0.465. The molecular formula is C15H10BrFN2OS. The molecule has 106 valence electrons. The summed E-state index contributed by atoms with van der Waals surface area (Å²) >= 11 is 4.96. The van der Waals surface area contributed by atoms with Crippen molar-refractivity contribution in [3.63, 3.8) is 0 Å². The maximum Gasteiger partial charge on any atom is 0.277 e. The lowest BCUT2D eigenvalue weighted by Crippen LogP contribution is -1.82. The van der Waals surface area contributed by atoms with Gasteiger partial charge in [0.1, 0.15) is 5.82 Å². The number of rotatable bonds is 4. The molecule has 0 radical (unpaired) electrons. The molecule has 0 spiro atoms. The van der Waals surface area contributed by atoms with Crippen molar-refractivity contribution in [3.05, 3.63) is 64.4 Å². The number of benzene rings is 2. The first-order chi connectivity index (χ1) is 10.2. The molecule has 21 heavy (non-hydrogen) atoms. The van der Waals surface area contributed by atoms with Crippen molar-refractivity contribution in [2.45, 2.75) is 11.0 Å². The molecule has 0 aliphatic heterocycles. The monoisotopic (exact) mass is 364 g/mol. The van der Waals surface area contributed by atoms with E-state index in [9.17, 15) is 4.39 Å². The molecule has 0 atom stereocenters. The van der Waals surface area contributed by atoms with Crippen molar-refractivity contribution >= 4 is 27.7 Å². The highest BCUT2D eigenvalue weighted by Crippen LogP contribution is 2.28. The smallest absolute Gasteiger partial charge is 0.277 e. The van der Waals surface area contributed by atoms with Crippen LogP contribution in [0.2, 0.25) is 0 Å². The molecule has 0 fully saturated rings. The van der Waals surface area contributed by atoms with Crippen LogP contribution in [-0.2, 0) is 5.75 Å². The molecule has 0 saturated carbocycles. The second kappa shape index (κ2) is 6.41. The molecule has 0 aliphatic rings. The Morgan fingerprint density at radius 3 is 2.57 bits per heavy atom. The van der Waals surface area contributed by atoms with E-state index in [1.807, 2.05) is 24.3 Å². The fourth-order valence-electron chi connectivity index (χ4n) is 1.73. The summed E-state index contributed by atoms with van der Waals surface area (Å²) in [5.41, 5.74) is 1.86. The largest absolute Gasteiger partial charge is 0.411 e. The summed E-state index contributed by atoms with van der Waals surface area (Å²) in [6, 6.07) is 14.0. The Labute approximate surface area is 133 Å². The average molecular weight is 365 g/mol. The van der Waals surface area contributed by atoms with Gasteiger partial charge in [-0.05, 0) is 35.9 Å². The van der Waals surface area contributed by atoms with E-state index in [4.69, 9.17) is 4.42 Å². The molecular weight excluding hydrogens is 355 g/mol. The van der Waals surface area contributed by atoms with Gasteiger partial charge in [0.15, 0.2) is 0 Å². The predicted molar refractivity (Wildman–Crippen MR) is 83.4 cm³/mol. The maximum atomic E-state index is 12.9. The van der Waals surface area contributed by atoms with E-state index < -0.39 is 0 Å². The summed E-state index contributed by atoms with van der Waals surface area (Å²) in [4.78, 5) is 0. The molecule has 3 aromatic rings. The summed E-state index contributed by atoms with van der Waals surface area (Å²) in [6.07, 6.45) is 0. The molecule has 6 heteroatoms. The van der Waals surface area contributed by atoms with Crippen molar-refractivity contribution in [2.24, 2.45) is 0 Å². The minimum atomic E-state index is -0.290. The van der Waals surface area contributed by atoms with Gasteiger partial charge in [-0.15, -0.1) is 10.2 Å². The van der Waals surface area contributed by atoms with Crippen LogP contribution >= 0.6 is 27.7 Å². The standard InChI is InChI=1S/C15H10BrFN2OS/c16-13-4-2-1-3-11(13)9-21-15-19-18-14(20-15)10-5-7-12(17)8-6-10/h1-8H,9H2. The number of hydrogen-bond donors (Lipinski definition) is 0. The topological polar surface area (TPSA) is 38.9 Å². The van der Waals surface area contributed by atoms with E-state index in [1.165, 1.54) is 23.9 Å². The maximum absolute atomic E-state index is 12.9. The SMILES string of the molecule is Fc1ccc(-c2nnc(SCc3ccccc3Br)o2)cc1. The Hall–Kier alpha value is -1.66. The lowest BCUT2D eigenvalue weighted by atomic mass is 10.2. The third-order valence-electron chi connectivity index (χ3n) is 2.81. The zero-order valence-electron chi connectivity index (χ0n) is 10.8. The zero-order valence-corrected chi connectivity index (χ0v) is 13.2. The number of nitrogens with zero attached hydrogens (tertiary/aromatic N) is 2. The van der Waals surface area contributed by atoms with Crippen molar-refractivity contribution < 1.29 is 8.81 Å². The van der Waals surface area contributed by atoms with Crippen LogP contribution in [0.4, 0.5) is 4.39 Å². The Balaban J connectivity index is 1.71. The summed E-state index contributed by atoms with van der Waals surface area (Å²) in [5, 5.41) is 8.47. The van der Waals surface area contributed by atoms with Gasteiger partial charge in [-0.2, -0.15) is 0 Å². The molecule has 1 aromatic heterocycles. The second-order valence-corrected chi connectivity index (χ2v) is 6.04. The highest BCUT2D eigenvalue weighted by Gasteiger charge is 2.10. The molecule has 3 rings (SSSR count). The summed E-state index contributed by atoms with van der Waals surface area (Å²) < 4.78 is 19.5. The molecule has 0 N–H and O–H groups in total. The third kappa shape index (κ3) is 3.51. The Kier molecular flexibility index (Phi) is 4.36. The summed E-state index contributed by atoms with van der Waals surface area (Å²) in [7, 11) is 0. The van der Waals surface area contributed by atoms with Crippen LogP contribution in [0.3, 0.4) is 0 Å². The fraction of sp³-hybridized carbons (Fsp3) is 0.0667. The van der Waals surface area contributed by atoms with Gasteiger partial charge >= 0.3 is 0 Å². The minimum Gasteiger partial charge on any atom is -0.411 e. The van der Waals surface area contributed by atoms with Crippen LogP contribution in [0.1, 0.15) is 5.56 Å². The van der Waals surface area contributed by atoms with Gasteiger partial charge in [0.2, 0.25) is 5.89 Å². The molecule has 0 aliphatic carbocycles. The molecule has 0 saturated heterocycles. The predicted octanol–water partition coefficient (Wildman–Crippen LogP) is 4.93. The van der Waals surface area contributed by atoms with Crippen LogP contribution in [0.25, 0.3) is 11.5 Å². The van der Waals surface area contributed by atoms with Crippen molar-refractivity contribution in [1.82, 2.24) is 10.2 Å². The van der Waals surface area contributed by atoms with E-state index in [2.05, 4.69) is 26.1 Å². The zero-order chi connectivity index (χ0) is 14.7. The Bertz CT molecular complexity index is 745. The van der Waals surface area contributed by atoms with Crippen LogP contribution in [-0.4, -0.2) is 10.2 Å². The van der Waals surface area contributed by atoms with E-state index in [-0.39, 0.29) is 5.82 Å². The summed E-state index contributed by atoms with van der Waals surface area (Å²) in [5.74, 6) is 0.832. The number of halogens is 2. The van der Waals surface area contributed by atoms with E-state index in [0.29, 0.717) is 16.7 Å². The fourth-order valence-corrected chi connectivity index (χ4v) is 3.11. The van der Waals surface area contributed by atoms with Crippen LogP contribution in [0.15, 0.2) is 62.6 Å². The highest BCUT2D eigenvalue weighted by atomic mass is 79.9. The van der Waals surface area contributed by atoms with E-state index in [1.54, 1.807) is 12.1 Å². The van der Waals surface area contributed by atoms with Gasteiger partial charge in [-0.1, -0.05) is 45.9 Å². The number of thioether (sulfide) groups is 1. The molecule has 3 nitrogen and oxygen atoms in total. The van der Waals surface area contributed by atoms with Gasteiger partial charge in [-0.25, -0.2) is 4.39 Å². The normalized spacial score (nSPS) is 10.8. The highest BCUT2D eigenvalue weighted by molar-refractivity contribution is 9.10. The Morgan fingerprint density at radius 2 is 1.81 bits per heavy atom. The second-order valence-electron chi connectivity index (χ2n) is 4.26.